The first-order valence-corrected chi connectivity index (χ1v) is 8.06. The van der Waals surface area contributed by atoms with Crippen molar-refractivity contribution in [1.82, 2.24) is 4.98 Å². The van der Waals surface area contributed by atoms with Gasteiger partial charge >= 0.3 is 0 Å². The summed E-state index contributed by atoms with van der Waals surface area (Å²) < 4.78 is 0. The predicted octanol–water partition coefficient (Wildman–Crippen LogP) is 4.30. The smallest absolute Gasteiger partial charge is 0.124 e. The van der Waals surface area contributed by atoms with Crippen molar-refractivity contribution in [3.63, 3.8) is 0 Å². The molecule has 1 atom stereocenters. The molecule has 4 rings (SSSR count). The normalized spacial score (nSPS) is 22.8. The Morgan fingerprint density at radius 2 is 2.11 bits per heavy atom. The second-order valence-corrected chi connectivity index (χ2v) is 7.09. The van der Waals surface area contributed by atoms with Crippen LogP contribution in [0.2, 0.25) is 0 Å². The topological polar surface area (TPSA) is 12.9 Å². The van der Waals surface area contributed by atoms with Gasteiger partial charge < -0.3 is 0 Å². The van der Waals surface area contributed by atoms with E-state index >= 15 is 0 Å². The molecule has 0 radical (unpaired) electrons. The first kappa shape index (κ1) is 11.0. The molecule has 2 aliphatic rings. The highest BCUT2D eigenvalue weighted by atomic mass is 32.1. The highest BCUT2D eigenvalue weighted by Gasteiger charge is 2.21. The first-order valence-electron chi connectivity index (χ1n) is 7.24. The minimum absolute atomic E-state index is 0.817. The van der Waals surface area contributed by atoms with E-state index in [-0.39, 0.29) is 0 Å². The number of aryl methyl sites for hydroxylation is 3. The summed E-state index contributed by atoms with van der Waals surface area (Å²) in [5.74, 6) is 0.817. The maximum Gasteiger partial charge on any atom is 0.124 e. The maximum atomic E-state index is 4.99. The predicted molar refractivity (Wildman–Crippen MR) is 77.5 cm³/mol. The zero-order valence-corrected chi connectivity index (χ0v) is 11.8. The van der Waals surface area contributed by atoms with E-state index in [1.54, 1.807) is 10.4 Å². The van der Waals surface area contributed by atoms with Crippen molar-refractivity contribution in [3.8, 4) is 0 Å². The molecule has 2 aromatic heterocycles. The van der Waals surface area contributed by atoms with Crippen LogP contribution in [0.1, 0.15) is 47.9 Å². The standard InChI is InChI=1S/C16H19NS/c1-10-6-7-11-9-13-12-4-2-3-5-15(12)18-16(13)17-14(11)8-10/h9-10H,2-8H2,1H3. The fourth-order valence-corrected chi connectivity index (χ4v) is 4.75. The van der Waals surface area contributed by atoms with E-state index in [1.165, 1.54) is 66.4 Å². The Morgan fingerprint density at radius 1 is 1.22 bits per heavy atom. The van der Waals surface area contributed by atoms with Gasteiger partial charge in [0.25, 0.3) is 0 Å². The number of fused-ring (bicyclic) bond motifs is 4. The van der Waals surface area contributed by atoms with Gasteiger partial charge in [0, 0.05) is 16.0 Å². The minimum Gasteiger partial charge on any atom is -0.242 e. The number of nitrogens with zero attached hydrogens (tertiary/aromatic N) is 1. The maximum absolute atomic E-state index is 4.99. The molecule has 18 heavy (non-hydrogen) atoms. The third-order valence-electron chi connectivity index (χ3n) is 4.57. The zero-order chi connectivity index (χ0) is 12.1. The van der Waals surface area contributed by atoms with Gasteiger partial charge in [-0.15, -0.1) is 11.3 Å². The van der Waals surface area contributed by atoms with Gasteiger partial charge in [0.15, 0.2) is 0 Å². The lowest BCUT2D eigenvalue weighted by Crippen LogP contribution is -2.12. The number of hydrogen-bond donors (Lipinski definition) is 0. The monoisotopic (exact) mass is 257 g/mol. The van der Waals surface area contributed by atoms with Gasteiger partial charge in [0.1, 0.15) is 4.83 Å². The molecule has 0 saturated heterocycles. The van der Waals surface area contributed by atoms with E-state index in [4.69, 9.17) is 4.98 Å². The van der Waals surface area contributed by atoms with E-state index in [2.05, 4.69) is 13.0 Å². The minimum atomic E-state index is 0.817. The van der Waals surface area contributed by atoms with Crippen molar-refractivity contribution in [2.45, 2.75) is 51.9 Å². The van der Waals surface area contributed by atoms with E-state index in [0.717, 1.165) is 5.92 Å². The van der Waals surface area contributed by atoms with Crippen molar-refractivity contribution < 1.29 is 0 Å². The number of rotatable bonds is 0. The van der Waals surface area contributed by atoms with Crippen molar-refractivity contribution in [3.05, 3.63) is 27.8 Å². The Morgan fingerprint density at radius 3 is 3.06 bits per heavy atom. The summed E-state index contributed by atoms with van der Waals surface area (Å²) in [6, 6.07) is 2.48. The average molecular weight is 257 g/mol. The molecule has 2 heteroatoms. The first-order chi connectivity index (χ1) is 8.81. The van der Waals surface area contributed by atoms with Crippen LogP contribution in [-0.2, 0) is 25.7 Å². The Balaban J connectivity index is 1.92. The Bertz CT molecular complexity index is 611. The Kier molecular flexibility index (Phi) is 2.47. The molecule has 0 aliphatic heterocycles. The van der Waals surface area contributed by atoms with Crippen LogP contribution in [-0.4, -0.2) is 4.98 Å². The van der Waals surface area contributed by atoms with E-state index in [1.807, 2.05) is 11.3 Å². The number of thiophene rings is 1. The molecule has 94 valence electrons. The van der Waals surface area contributed by atoms with Crippen molar-refractivity contribution >= 4 is 21.6 Å². The molecule has 2 aromatic rings. The van der Waals surface area contributed by atoms with Crippen LogP contribution in [0, 0.1) is 5.92 Å². The highest BCUT2D eigenvalue weighted by molar-refractivity contribution is 7.18. The molecule has 0 saturated carbocycles. The second-order valence-electron chi connectivity index (χ2n) is 6.01. The molecule has 2 heterocycles. The molecule has 0 fully saturated rings. The third kappa shape index (κ3) is 1.62. The van der Waals surface area contributed by atoms with Gasteiger partial charge in [-0.2, -0.15) is 0 Å². The molecule has 0 amide bonds. The zero-order valence-electron chi connectivity index (χ0n) is 11.0. The summed E-state index contributed by atoms with van der Waals surface area (Å²) >= 11 is 1.96. The van der Waals surface area contributed by atoms with Crippen LogP contribution in [0.3, 0.4) is 0 Å². The number of pyridine rings is 1. The van der Waals surface area contributed by atoms with E-state index in [9.17, 15) is 0 Å². The summed E-state index contributed by atoms with van der Waals surface area (Å²) in [6.07, 6.45) is 9.08. The summed E-state index contributed by atoms with van der Waals surface area (Å²) in [5, 5.41) is 1.49. The van der Waals surface area contributed by atoms with Gasteiger partial charge in [0.2, 0.25) is 0 Å². The SMILES string of the molecule is CC1CCc2cc3c4c(sc3nc2C1)CCCC4. The van der Waals surface area contributed by atoms with Gasteiger partial charge in [0.05, 0.1) is 0 Å². The number of hydrogen-bond acceptors (Lipinski definition) is 2. The molecule has 1 unspecified atom stereocenters. The second kappa shape index (κ2) is 4.06. The van der Waals surface area contributed by atoms with Crippen LogP contribution < -0.4 is 0 Å². The van der Waals surface area contributed by atoms with Gasteiger partial charge in [-0.1, -0.05) is 6.92 Å². The molecule has 1 nitrogen and oxygen atoms in total. The van der Waals surface area contributed by atoms with Crippen molar-refractivity contribution in [2.75, 3.05) is 0 Å². The fourth-order valence-electron chi connectivity index (χ4n) is 3.49. The fraction of sp³-hybridized carbons (Fsp3) is 0.562. The van der Waals surface area contributed by atoms with Crippen LogP contribution in [0.25, 0.3) is 10.2 Å². The molecule has 0 spiro atoms. The Hall–Kier alpha value is -0.890. The number of aromatic nitrogens is 1. The molecule has 2 aliphatic carbocycles. The largest absolute Gasteiger partial charge is 0.242 e. The van der Waals surface area contributed by atoms with E-state index in [0.29, 0.717) is 0 Å². The van der Waals surface area contributed by atoms with Gasteiger partial charge in [-0.05, 0) is 68.1 Å². The van der Waals surface area contributed by atoms with Crippen molar-refractivity contribution in [2.24, 2.45) is 5.92 Å². The average Bonchev–Trinajstić information content (AvgIpc) is 2.73. The third-order valence-corrected chi connectivity index (χ3v) is 5.77. The summed E-state index contributed by atoms with van der Waals surface area (Å²) in [6.45, 7) is 2.36. The highest BCUT2D eigenvalue weighted by Crippen LogP contribution is 2.37. The molecular weight excluding hydrogens is 238 g/mol. The lowest BCUT2D eigenvalue weighted by atomic mass is 9.87. The quantitative estimate of drug-likeness (QED) is 0.685. The molecular formula is C16H19NS. The van der Waals surface area contributed by atoms with Crippen LogP contribution in [0.15, 0.2) is 6.07 Å². The van der Waals surface area contributed by atoms with Crippen molar-refractivity contribution in [1.29, 1.82) is 0 Å². The summed E-state index contributed by atoms with van der Waals surface area (Å²) in [4.78, 5) is 7.93. The lowest BCUT2D eigenvalue weighted by molar-refractivity contribution is 0.493. The van der Waals surface area contributed by atoms with Gasteiger partial charge in [-0.25, -0.2) is 4.98 Å². The lowest BCUT2D eigenvalue weighted by Gasteiger charge is -2.20. The molecule has 0 N–H and O–H groups in total. The molecule has 0 aromatic carbocycles. The summed E-state index contributed by atoms with van der Waals surface area (Å²) in [5.41, 5.74) is 4.56. The molecule has 0 bridgehead atoms. The van der Waals surface area contributed by atoms with Crippen LogP contribution >= 0.6 is 11.3 Å². The van der Waals surface area contributed by atoms with Crippen LogP contribution in [0.5, 0.6) is 0 Å². The Labute approximate surface area is 112 Å². The van der Waals surface area contributed by atoms with E-state index < -0.39 is 0 Å². The summed E-state index contributed by atoms with van der Waals surface area (Å²) in [7, 11) is 0. The van der Waals surface area contributed by atoms with Gasteiger partial charge in [-0.3, -0.25) is 0 Å². The van der Waals surface area contributed by atoms with Crippen LogP contribution in [0.4, 0.5) is 0 Å².